The van der Waals surface area contributed by atoms with Crippen LogP contribution < -0.4 is 4.90 Å². The molecule has 102 valence electrons. The van der Waals surface area contributed by atoms with E-state index in [2.05, 4.69) is 10.9 Å². The first-order valence-corrected chi connectivity index (χ1v) is 6.02. The molecule has 0 unspecified atom stereocenters. The number of hydrogen-bond acceptors (Lipinski definition) is 5. The first-order valence-electron chi connectivity index (χ1n) is 6.02. The van der Waals surface area contributed by atoms with Gasteiger partial charge in [-0.05, 0) is 19.1 Å². The molecule has 0 saturated heterocycles. The second-order valence-corrected chi connectivity index (χ2v) is 4.05. The van der Waals surface area contributed by atoms with E-state index in [9.17, 15) is 14.4 Å². The lowest BCUT2D eigenvalue weighted by Gasteiger charge is -2.29. The van der Waals surface area contributed by atoms with Crippen molar-refractivity contribution in [3.63, 3.8) is 0 Å². The van der Waals surface area contributed by atoms with Gasteiger partial charge in [0.15, 0.2) is 11.7 Å². The van der Waals surface area contributed by atoms with Gasteiger partial charge in [0.1, 0.15) is 5.82 Å². The molecule has 0 aliphatic carbocycles. The number of carbonyl (C=O) groups is 3. The number of ketones is 1. The average molecular weight is 272 g/mol. The Labute approximate surface area is 115 Å². The lowest BCUT2D eigenvalue weighted by molar-refractivity contribution is -0.149. The molecular formula is C14H12N2O4. The van der Waals surface area contributed by atoms with Crippen molar-refractivity contribution in [1.29, 1.82) is 0 Å². The summed E-state index contributed by atoms with van der Waals surface area (Å²) < 4.78 is 4.78. The van der Waals surface area contributed by atoms with E-state index in [4.69, 9.17) is 11.2 Å². The largest absolute Gasteiger partial charge is 0.465 e. The summed E-state index contributed by atoms with van der Waals surface area (Å²) in [7, 11) is 0. The van der Waals surface area contributed by atoms with Crippen LogP contribution in [0.2, 0.25) is 0 Å². The van der Waals surface area contributed by atoms with E-state index in [0.29, 0.717) is 0 Å². The van der Waals surface area contributed by atoms with Crippen LogP contribution in [0.3, 0.4) is 0 Å². The fourth-order valence-corrected chi connectivity index (χ4v) is 2.01. The molecule has 0 bridgehead atoms. The molecule has 0 radical (unpaired) electrons. The number of fused-ring (bicyclic) bond motifs is 1. The Morgan fingerprint density at radius 3 is 2.95 bits per heavy atom. The lowest BCUT2D eigenvalue weighted by atomic mass is 9.92. The monoisotopic (exact) mass is 272 g/mol. The van der Waals surface area contributed by atoms with Crippen LogP contribution in [0.1, 0.15) is 17.3 Å². The zero-order chi connectivity index (χ0) is 14.7. The molecular weight excluding hydrogens is 260 g/mol. The predicted molar refractivity (Wildman–Crippen MR) is 69.9 cm³/mol. The van der Waals surface area contributed by atoms with E-state index in [0.717, 1.165) is 4.90 Å². The Balaban J connectivity index is 2.50. The van der Waals surface area contributed by atoms with Gasteiger partial charge in [-0.2, -0.15) is 0 Å². The van der Waals surface area contributed by atoms with Crippen LogP contribution in [-0.4, -0.2) is 35.8 Å². The first-order chi connectivity index (χ1) is 9.61. The Bertz CT molecular complexity index is 618. The molecule has 1 amide bonds. The van der Waals surface area contributed by atoms with Crippen molar-refractivity contribution < 1.29 is 19.1 Å². The molecule has 0 N–H and O–H groups in total. The number of terminal acetylenes is 1. The van der Waals surface area contributed by atoms with Crippen LogP contribution in [-0.2, 0) is 14.3 Å². The number of carbonyl (C=O) groups excluding carboxylic acids is 3. The minimum Gasteiger partial charge on any atom is -0.465 e. The number of hydrogen-bond donors (Lipinski definition) is 0. The molecule has 1 aromatic heterocycles. The van der Waals surface area contributed by atoms with Crippen LogP contribution >= 0.6 is 0 Å². The van der Waals surface area contributed by atoms with Crippen LogP contribution in [0.25, 0.3) is 0 Å². The third-order valence-electron chi connectivity index (χ3n) is 2.85. The fraction of sp³-hybridized carbons (Fsp3) is 0.286. The summed E-state index contributed by atoms with van der Waals surface area (Å²) in [5.74, 6) is -1.17. The number of pyridine rings is 1. The van der Waals surface area contributed by atoms with Crippen LogP contribution in [0.4, 0.5) is 5.82 Å². The smallest absolute Gasteiger partial charge is 0.326 e. The summed E-state index contributed by atoms with van der Waals surface area (Å²) >= 11 is 0. The molecule has 20 heavy (non-hydrogen) atoms. The van der Waals surface area contributed by atoms with E-state index in [1.165, 1.54) is 12.3 Å². The predicted octanol–water partition coefficient (Wildman–Crippen LogP) is 0.423. The van der Waals surface area contributed by atoms with Gasteiger partial charge in [-0.25, -0.2) is 4.98 Å². The zero-order valence-corrected chi connectivity index (χ0v) is 10.8. The molecule has 2 rings (SSSR count). The molecule has 1 aliphatic rings. The standard InChI is InChI=1S/C14H12N2O4/c1-3-8-16-12-9(6-5-7-15-12)11(17)10(13(16)18)14(19)20-4-2/h1,5-7,10H,4,8H2,2H3/t10-/m0/s1. The SMILES string of the molecule is C#CCN1C(=O)[C@@H](C(=O)OCC)C(=O)c2cccnc21. The molecule has 1 aliphatic heterocycles. The molecule has 0 spiro atoms. The number of nitrogens with zero attached hydrogens (tertiary/aromatic N) is 2. The van der Waals surface area contributed by atoms with Crippen molar-refractivity contribution in [1.82, 2.24) is 4.98 Å². The highest BCUT2D eigenvalue weighted by Crippen LogP contribution is 2.28. The number of Topliss-reactive ketones (excluding diaryl/α,β-unsaturated/α-hetero) is 1. The van der Waals surface area contributed by atoms with Crippen molar-refractivity contribution in [2.24, 2.45) is 5.92 Å². The maximum absolute atomic E-state index is 12.3. The quantitative estimate of drug-likeness (QED) is 0.453. The second kappa shape index (κ2) is 5.53. The maximum atomic E-state index is 12.3. The molecule has 0 fully saturated rings. The summed E-state index contributed by atoms with van der Waals surface area (Å²) in [6.07, 6.45) is 6.67. The van der Waals surface area contributed by atoms with Gasteiger partial charge in [-0.15, -0.1) is 6.42 Å². The lowest BCUT2D eigenvalue weighted by Crippen LogP contribution is -2.49. The van der Waals surface area contributed by atoms with Crippen molar-refractivity contribution in [3.05, 3.63) is 23.9 Å². The normalized spacial score (nSPS) is 17.4. The highest BCUT2D eigenvalue weighted by Gasteiger charge is 2.45. The van der Waals surface area contributed by atoms with Gasteiger partial charge in [0.25, 0.3) is 5.91 Å². The van der Waals surface area contributed by atoms with Crippen LogP contribution in [0.15, 0.2) is 18.3 Å². The summed E-state index contributed by atoms with van der Waals surface area (Å²) in [5.41, 5.74) is 0.195. The summed E-state index contributed by atoms with van der Waals surface area (Å²) in [6.45, 7) is 1.63. The van der Waals surface area contributed by atoms with Gasteiger partial charge < -0.3 is 4.74 Å². The molecule has 6 heteroatoms. The molecule has 6 nitrogen and oxygen atoms in total. The number of ether oxygens (including phenoxy) is 1. The summed E-state index contributed by atoms with van der Waals surface area (Å²) in [5, 5.41) is 0. The Morgan fingerprint density at radius 2 is 2.30 bits per heavy atom. The zero-order valence-electron chi connectivity index (χ0n) is 10.8. The average Bonchev–Trinajstić information content (AvgIpc) is 2.44. The summed E-state index contributed by atoms with van der Waals surface area (Å²) in [4.78, 5) is 41.5. The maximum Gasteiger partial charge on any atom is 0.326 e. The van der Waals surface area contributed by atoms with Crippen molar-refractivity contribution in [2.75, 3.05) is 18.1 Å². The third kappa shape index (κ3) is 2.14. The Hall–Kier alpha value is -2.68. The van der Waals surface area contributed by atoms with Gasteiger partial charge in [-0.1, -0.05) is 5.92 Å². The highest BCUT2D eigenvalue weighted by atomic mass is 16.5. The van der Waals surface area contributed by atoms with Crippen molar-refractivity contribution in [3.8, 4) is 12.3 Å². The van der Waals surface area contributed by atoms with E-state index in [1.807, 2.05) is 0 Å². The van der Waals surface area contributed by atoms with E-state index in [1.54, 1.807) is 13.0 Å². The van der Waals surface area contributed by atoms with Gasteiger partial charge >= 0.3 is 5.97 Å². The molecule has 2 heterocycles. The van der Waals surface area contributed by atoms with Gasteiger partial charge in [0, 0.05) is 6.20 Å². The van der Waals surface area contributed by atoms with Crippen LogP contribution in [0, 0.1) is 18.3 Å². The molecule has 1 aromatic rings. The first kappa shape index (κ1) is 13.7. The number of aromatic nitrogens is 1. The fourth-order valence-electron chi connectivity index (χ4n) is 2.01. The molecule has 0 aromatic carbocycles. The Kier molecular flexibility index (Phi) is 3.80. The van der Waals surface area contributed by atoms with E-state index >= 15 is 0 Å². The number of amides is 1. The molecule has 0 saturated carbocycles. The number of anilines is 1. The van der Waals surface area contributed by atoms with Gasteiger partial charge in [-0.3, -0.25) is 19.3 Å². The van der Waals surface area contributed by atoms with Crippen molar-refractivity contribution in [2.45, 2.75) is 6.92 Å². The topological polar surface area (TPSA) is 76.6 Å². The Morgan fingerprint density at radius 1 is 1.55 bits per heavy atom. The van der Waals surface area contributed by atoms with Crippen LogP contribution in [0.5, 0.6) is 0 Å². The van der Waals surface area contributed by atoms with Gasteiger partial charge in [0.2, 0.25) is 0 Å². The number of esters is 1. The highest BCUT2D eigenvalue weighted by molar-refractivity contribution is 6.29. The third-order valence-corrected chi connectivity index (χ3v) is 2.85. The van der Waals surface area contributed by atoms with Gasteiger partial charge in [0.05, 0.1) is 18.7 Å². The number of rotatable bonds is 3. The minimum atomic E-state index is -1.50. The molecule has 1 atom stereocenters. The second-order valence-electron chi connectivity index (χ2n) is 4.05. The van der Waals surface area contributed by atoms with E-state index in [-0.39, 0.29) is 24.5 Å². The van der Waals surface area contributed by atoms with E-state index < -0.39 is 23.6 Å². The minimum absolute atomic E-state index is 0.0635. The van der Waals surface area contributed by atoms with Crippen molar-refractivity contribution >= 4 is 23.5 Å². The summed E-state index contributed by atoms with van der Waals surface area (Å²) in [6, 6.07) is 3.07.